The van der Waals surface area contributed by atoms with Gasteiger partial charge in [0, 0.05) is 40.5 Å². The lowest BCUT2D eigenvalue weighted by molar-refractivity contribution is 0.0954. The first-order chi connectivity index (χ1) is 17.7. The van der Waals surface area contributed by atoms with Crippen molar-refractivity contribution in [1.29, 1.82) is 0 Å². The van der Waals surface area contributed by atoms with E-state index in [1.54, 1.807) is 0 Å². The number of benzene rings is 3. The van der Waals surface area contributed by atoms with Crippen LogP contribution < -0.4 is 10.6 Å². The molecule has 0 fully saturated rings. The second-order valence-electron chi connectivity index (χ2n) is 8.55. The second kappa shape index (κ2) is 9.38. The highest BCUT2D eigenvalue weighted by Gasteiger charge is 2.11. The molecule has 0 bridgehead atoms. The van der Waals surface area contributed by atoms with Gasteiger partial charge in [0.1, 0.15) is 0 Å². The number of anilines is 2. The van der Waals surface area contributed by atoms with Crippen LogP contribution in [-0.2, 0) is 6.42 Å². The first-order valence-corrected chi connectivity index (χ1v) is 11.9. The maximum absolute atomic E-state index is 12.7. The molecule has 3 aromatic carbocycles. The standard InChI is InChI=1S/C29H24N6O/c36-28(30-18-17-22-19-31-25-10-5-4-9-24(22)25)21-15-13-20(14-16-21)26-11-6-12-27-33-29(34-35(26)27)32-23-7-2-1-3-8-23/h1-16,19,31H,17-18H2,(H,30,36)(H,32,34). The first kappa shape index (κ1) is 21.6. The minimum absolute atomic E-state index is 0.0882. The van der Waals surface area contributed by atoms with E-state index in [4.69, 9.17) is 0 Å². The maximum Gasteiger partial charge on any atom is 0.251 e. The van der Waals surface area contributed by atoms with Gasteiger partial charge >= 0.3 is 0 Å². The molecule has 0 radical (unpaired) electrons. The monoisotopic (exact) mass is 472 g/mol. The van der Waals surface area contributed by atoms with Crippen LogP contribution in [0.1, 0.15) is 15.9 Å². The lowest BCUT2D eigenvalue weighted by atomic mass is 10.1. The molecule has 0 unspecified atom stereocenters. The fourth-order valence-electron chi connectivity index (χ4n) is 4.37. The van der Waals surface area contributed by atoms with Gasteiger partial charge in [-0.25, -0.2) is 4.52 Å². The summed E-state index contributed by atoms with van der Waals surface area (Å²) in [5.74, 6) is 0.439. The van der Waals surface area contributed by atoms with Crippen molar-refractivity contribution in [3.63, 3.8) is 0 Å². The Morgan fingerprint density at radius 3 is 2.53 bits per heavy atom. The van der Waals surface area contributed by atoms with Crippen LogP contribution in [0.25, 0.3) is 27.8 Å². The van der Waals surface area contributed by atoms with Crippen LogP contribution >= 0.6 is 0 Å². The molecule has 7 heteroatoms. The molecule has 6 aromatic rings. The number of hydrogen-bond donors (Lipinski definition) is 3. The smallest absolute Gasteiger partial charge is 0.251 e. The normalized spacial score (nSPS) is 11.1. The molecule has 3 aromatic heterocycles. The van der Waals surface area contributed by atoms with Crippen molar-refractivity contribution in [1.82, 2.24) is 24.9 Å². The molecule has 0 aliphatic carbocycles. The summed E-state index contributed by atoms with van der Waals surface area (Å²) < 4.78 is 1.81. The average Bonchev–Trinajstić information content (AvgIpc) is 3.53. The maximum atomic E-state index is 12.7. The summed E-state index contributed by atoms with van der Waals surface area (Å²) in [4.78, 5) is 20.6. The van der Waals surface area contributed by atoms with Crippen LogP contribution in [0.5, 0.6) is 0 Å². The molecule has 0 aliphatic rings. The molecular weight excluding hydrogens is 448 g/mol. The van der Waals surface area contributed by atoms with Crippen LogP contribution in [0.2, 0.25) is 0 Å². The molecule has 0 spiro atoms. The van der Waals surface area contributed by atoms with Crippen LogP contribution in [0.4, 0.5) is 11.6 Å². The van der Waals surface area contributed by atoms with E-state index in [1.165, 1.54) is 10.9 Å². The topological polar surface area (TPSA) is 87.1 Å². The van der Waals surface area contributed by atoms with Crippen molar-refractivity contribution in [3.8, 4) is 11.3 Å². The van der Waals surface area contributed by atoms with Crippen LogP contribution in [0.15, 0.2) is 103 Å². The fraction of sp³-hybridized carbons (Fsp3) is 0.0690. The first-order valence-electron chi connectivity index (χ1n) is 11.9. The number of aromatic nitrogens is 4. The summed E-state index contributed by atoms with van der Waals surface area (Å²) >= 11 is 0. The number of rotatable bonds is 7. The van der Waals surface area contributed by atoms with Crippen molar-refractivity contribution in [3.05, 3.63) is 114 Å². The van der Waals surface area contributed by atoms with Crippen molar-refractivity contribution in [2.75, 3.05) is 11.9 Å². The van der Waals surface area contributed by atoms with E-state index in [0.717, 1.165) is 34.5 Å². The Kier molecular flexibility index (Phi) is 5.63. The molecule has 0 aliphatic heterocycles. The molecule has 0 saturated heterocycles. The summed E-state index contributed by atoms with van der Waals surface area (Å²) in [5, 5.41) is 12.1. The molecular formula is C29H24N6O. The quantitative estimate of drug-likeness (QED) is 0.283. The lowest BCUT2D eigenvalue weighted by Gasteiger charge is -2.07. The minimum atomic E-state index is -0.0882. The van der Waals surface area contributed by atoms with Crippen molar-refractivity contribution < 1.29 is 4.79 Å². The average molecular weight is 473 g/mol. The predicted octanol–water partition coefficient (Wildman–Crippen LogP) is 5.59. The van der Waals surface area contributed by atoms with Gasteiger partial charge in [0.05, 0.1) is 5.69 Å². The Balaban J connectivity index is 1.15. The molecule has 3 heterocycles. The molecule has 1 amide bonds. The molecule has 0 atom stereocenters. The SMILES string of the molecule is O=C(NCCc1c[nH]c2ccccc12)c1ccc(-c2cccc3nc(Nc4ccccc4)nn23)cc1. The molecule has 176 valence electrons. The largest absolute Gasteiger partial charge is 0.361 e. The molecule has 36 heavy (non-hydrogen) atoms. The highest BCUT2D eigenvalue weighted by Crippen LogP contribution is 2.23. The van der Waals surface area contributed by atoms with Crippen molar-refractivity contribution in [2.45, 2.75) is 6.42 Å². The van der Waals surface area contributed by atoms with Gasteiger partial charge in [-0.05, 0) is 54.4 Å². The number of para-hydroxylation sites is 2. The van der Waals surface area contributed by atoms with E-state index in [2.05, 4.69) is 37.8 Å². The Hall–Kier alpha value is -4.91. The number of fused-ring (bicyclic) bond motifs is 2. The van der Waals surface area contributed by atoms with Gasteiger partial charge in [-0.15, -0.1) is 5.10 Å². The number of amides is 1. The van der Waals surface area contributed by atoms with Gasteiger partial charge in [0.2, 0.25) is 5.95 Å². The number of carbonyl (C=O) groups excluding carboxylic acids is 1. The summed E-state index contributed by atoms with van der Waals surface area (Å²) in [5.41, 5.74) is 6.44. The van der Waals surface area contributed by atoms with Gasteiger partial charge in [-0.3, -0.25) is 4.79 Å². The molecule has 6 rings (SSSR count). The van der Waals surface area contributed by atoms with E-state index in [1.807, 2.05) is 95.6 Å². The van der Waals surface area contributed by atoms with E-state index < -0.39 is 0 Å². The summed E-state index contributed by atoms with van der Waals surface area (Å²) in [6, 6.07) is 31.4. The minimum Gasteiger partial charge on any atom is -0.361 e. The van der Waals surface area contributed by atoms with Crippen LogP contribution in [-0.4, -0.2) is 32.0 Å². The van der Waals surface area contributed by atoms with Gasteiger partial charge < -0.3 is 15.6 Å². The number of H-pyrrole nitrogens is 1. The van der Waals surface area contributed by atoms with Gasteiger partial charge in [0.25, 0.3) is 5.91 Å². The number of hydrogen-bond acceptors (Lipinski definition) is 4. The van der Waals surface area contributed by atoms with E-state index in [9.17, 15) is 4.79 Å². The number of nitrogens with one attached hydrogen (secondary N) is 3. The van der Waals surface area contributed by atoms with Crippen LogP contribution in [0.3, 0.4) is 0 Å². The zero-order valence-corrected chi connectivity index (χ0v) is 19.5. The van der Waals surface area contributed by atoms with E-state index in [0.29, 0.717) is 18.1 Å². The molecule has 3 N–H and O–H groups in total. The lowest BCUT2D eigenvalue weighted by Crippen LogP contribution is -2.25. The van der Waals surface area contributed by atoms with Crippen LogP contribution in [0, 0.1) is 0 Å². The molecule has 7 nitrogen and oxygen atoms in total. The number of carbonyl (C=O) groups is 1. The Morgan fingerprint density at radius 1 is 0.861 bits per heavy atom. The Labute approximate surface area is 207 Å². The number of nitrogens with zero attached hydrogens (tertiary/aromatic N) is 3. The van der Waals surface area contributed by atoms with Gasteiger partial charge in [0.15, 0.2) is 5.65 Å². The highest BCUT2D eigenvalue weighted by atomic mass is 16.1. The summed E-state index contributed by atoms with van der Waals surface area (Å²) in [6.07, 6.45) is 2.78. The third-order valence-electron chi connectivity index (χ3n) is 6.19. The fourth-order valence-corrected chi connectivity index (χ4v) is 4.37. The third kappa shape index (κ3) is 4.30. The third-order valence-corrected chi connectivity index (χ3v) is 6.19. The molecule has 0 saturated carbocycles. The Morgan fingerprint density at radius 2 is 1.67 bits per heavy atom. The predicted molar refractivity (Wildman–Crippen MR) is 142 cm³/mol. The van der Waals surface area contributed by atoms with Gasteiger partial charge in [-0.2, -0.15) is 4.98 Å². The Bertz CT molecular complexity index is 1650. The number of pyridine rings is 1. The van der Waals surface area contributed by atoms with E-state index >= 15 is 0 Å². The second-order valence-corrected chi connectivity index (χ2v) is 8.55. The summed E-state index contributed by atoms with van der Waals surface area (Å²) in [7, 11) is 0. The van der Waals surface area contributed by atoms with Crippen molar-refractivity contribution >= 4 is 34.1 Å². The number of aromatic amines is 1. The van der Waals surface area contributed by atoms with Crippen molar-refractivity contribution in [2.24, 2.45) is 0 Å². The zero-order chi connectivity index (χ0) is 24.3. The highest BCUT2D eigenvalue weighted by molar-refractivity contribution is 5.94. The summed E-state index contributed by atoms with van der Waals surface area (Å²) in [6.45, 7) is 0.567. The zero-order valence-electron chi connectivity index (χ0n) is 19.5. The van der Waals surface area contributed by atoms with Gasteiger partial charge in [-0.1, -0.05) is 54.6 Å². The van der Waals surface area contributed by atoms with E-state index in [-0.39, 0.29) is 5.91 Å².